The molecule has 0 spiro atoms. The van der Waals surface area contributed by atoms with Gasteiger partial charge in [-0.3, -0.25) is 19.3 Å². The summed E-state index contributed by atoms with van der Waals surface area (Å²) in [6.07, 6.45) is 5.88. The van der Waals surface area contributed by atoms with Gasteiger partial charge in [-0.15, -0.1) is 0 Å². The summed E-state index contributed by atoms with van der Waals surface area (Å²) in [7, 11) is 1.32. The number of hydrogen-bond donors (Lipinski definition) is 1. The molecule has 3 fully saturated rings. The molecule has 7 nitrogen and oxygen atoms in total. The van der Waals surface area contributed by atoms with E-state index in [-0.39, 0.29) is 41.3 Å². The van der Waals surface area contributed by atoms with Gasteiger partial charge in [0.05, 0.1) is 12.0 Å². The predicted molar refractivity (Wildman–Crippen MR) is 114 cm³/mol. The number of nitrogens with one attached hydrogen (secondary N) is 1. The van der Waals surface area contributed by atoms with Crippen LogP contribution in [-0.2, 0) is 9.59 Å². The lowest BCUT2D eigenvalue weighted by molar-refractivity contribution is -0.127. The zero-order chi connectivity index (χ0) is 22.8. The van der Waals surface area contributed by atoms with E-state index in [0.29, 0.717) is 17.4 Å². The van der Waals surface area contributed by atoms with E-state index < -0.39 is 17.8 Å². The van der Waals surface area contributed by atoms with Gasteiger partial charge in [0.1, 0.15) is 0 Å². The third-order valence-electron chi connectivity index (χ3n) is 6.28. The number of fused-ring (bicyclic) bond motifs is 2. The molecule has 32 heavy (non-hydrogen) atoms. The summed E-state index contributed by atoms with van der Waals surface area (Å²) in [4.78, 5) is 38.7. The normalized spacial score (nSPS) is 25.8. The van der Waals surface area contributed by atoms with Crippen LogP contribution in [0.5, 0.6) is 11.5 Å². The number of alkyl halides is 2. The highest BCUT2D eigenvalue weighted by Gasteiger charge is 2.43. The first-order chi connectivity index (χ1) is 15.4. The highest BCUT2D eigenvalue weighted by atomic mass is 32.2. The molecule has 2 saturated carbocycles. The summed E-state index contributed by atoms with van der Waals surface area (Å²) in [5.74, 6) is 0.695. The number of thioether (sulfide) groups is 1. The van der Waals surface area contributed by atoms with Gasteiger partial charge in [0.15, 0.2) is 11.5 Å². The number of carbonyl (C=O) groups excluding carboxylic acids is 3. The number of carbonyl (C=O) groups is 3. The number of nitrogens with zero attached hydrogens (tertiary/aromatic N) is 1. The fraction of sp³-hybridized carbons (Fsp3) is 0.500. The Balaban J connectivity index is 1.35. The van der Waals surface area contributed by atoms with Crippen LogP contribution in [-0.4, -0.2) is 48.8 Å². The van der Waals surface area contributed by atoms with Gasteiger partial charge in [-0.2, -0.15) is 8.78 Å². The lowest BCUT2D eigenvalue weighted by Crippen LogP contribution is -2.40. The molecule has 1 heterocycles. The van der Waals surface area contributed by atoms with Gasteiger partial charge in [-0.1, -0.05) is 12.5 Å². The standard InChI is InChI=1S/C22H24F2N2O5S/c1-30-17-10-13(3-5-16(17)31-21(23)24)11-18-20(28)26(22(29)32-18)7-6-25-19(27)15-9-12-2-4-14(15)8-12/h3,5,10-12,14-15,21H,2,4,6-9H2,1H3,(H,25,27). The smallest absolute Gasteiger partial charge is 0.387 e. The fourth-order valence-electron chi connectivity index (χ4n) is 4.80. The van der Waals surface area contributed by atoms with Crippen molar-refractivity contribution in [1.82, 2.24) is 10.2 Å². The monoisotopic (exact) mass is 466 g/mol. The molecule has 3 atom stereocenters. The largest absolute Gasteiger partial charge is 0.493 e. The third-order valence-corrected chi connectivity index (χ3v) is 7.19. The Kier molecular flexibility index (Phi) is 6.68. The second-order valence-electron chi connectivity index (χ2n) is 8.19. The first-order valence-corrected chi connectivity index (χ1v) is 11.3. The van der Waals surface area contributed by atoms with Crippen molar-refractivity contribution < 1.29 is 32.6 Å². The summed E-state index contributed by atoms with van der Waals surface area (Å²) in [5, 5.41) is 2.46. The van der Waals surface area contributed by atoms with Gasteiger partial charge in [0.2, 0.25) is 5.91 Å². The van der Waals surface area contributed by atoms with Crippen molar-refractivity contribution in [3.8, 4) is 11.5 Å². The Bertz CT molecular complexity index is 954. The number of amides is 3. The Morgan fingerprint density at radius 3 is 2.75 bits per heavy atom. The second-order valence-corrected chi connectivity index (χ2v) is 9.19. The highest BCUT2D eigenvalue weighted by molar-refractivity contribution is 8.18. The molecule has 1 aromatic carbocycles. The maximum Gasteiger partial charge on any atom is 0.387 e. The van der Waals surface area contributed by atoms with E-state index in [1.807, 2.05) is 0 Å². The Morgan fingerprint density at radius 1 is 1.28 bits per heavy atom. The molecule has 3 unspecified atom stereocenters. The summed E-state index contributed by atoms with van der Waals surface area (Å²) in [6, 6.07) is 4.25. The maximum absolute atomic E-state index is 12.7. The van der Waals surface area contributed by atoms with Crippen LogP contribution in [0.15, 0.2) is 23.1 Å². The van der Waals surface area contributed by atoms with E-state index in [9.17, 15) is 23.2 Å². The quantitative estimate of drug-likeness (QED) is 0.586. The van der Waals surface area contributed by atoms with Crippen LogP contribution in [0.2, 0.25) is 0 Å². The van der Waals surface area contributed by atoms with Crippen molar-refractivity contribution in [2.45, 2.75) is 32.3 Å². The van der Waals surface area contributed by atoms with Gasteiger partial charge >= 0.3 is 6.61 Å². The number of ether oxygens (including phenoxy) is 2. The van der Waals surface area contributed by atoms with Gasteiger partial charge in [0.25, 0.3) is 11.1 Å². The van der Waals surface area contributed by atoms with E-state index in [0.717, 1.165) is 35.9 Å². The lowest BCUT2D eigenvalue weighted by atomic mass is 9.88. The molecule has 1 aromatic rings. The van der Waals surface area contributed by atoms with Crippen LogP contribution >= 0.6 is 11.8 Å². The van der Waals surface area contributed by atoms with Crippen LogP contribution in [0.1, 0.15) is 31.2 Å². The average Bonchev–Trinajstić information content (AvgIpc) is 3.46. The van der Waals surface area contributed by atoms with Crippen LogP contribution in [0.25, 0.3) is 6.08 Å². The molecule has 0 radical (unpaired) electrons. The van der Waals surface area contributed by atoms with E-state index in [2.05, 4.69) is 10.1 Å². The molecule has 1 saturated heterocycles. The van der Waals surface area contributed by atoms with Crippen LogP contribution < -0.4 is 14.8 Å². The van der Waals surface area contributed by atoms with Gasteiger partial charge < -0.3 is 14.8 Å². The Labute approximate surface area is 188 Å². The molecular formula is C22H24F2N2O5S. The Hall–Kier alpha value is -2.62. The average molecular weight is 467 g/mol. The van der Waals surface area contributed by atoms with Crippen LogP contribution in [0.4, 0.5) is 13.6 Å². The molecule has 1 aliphatic heterocycles. The molecule has 2 aliphatic carbocycles. The predicted octanol–water partition coefficient (Wildman–Crippen LogP) is 3.89. The SMILES string of the molecule is COc1cc(C=C2SC(=O)N(CCNC(=O)C3CC4CCC3C4)C2=O)ccc1OC(F)F. The lowest BCUT2D eigenvalue weighted by Gasteiger charge is -2.21. The van der Waals surface area contributed by atoms with Gasteiger partial charge in [-0.05, 0) is 66.6 Å². The van der Waals surface area contributed by atoms with E-state index in [1.165, 1.54) is 37.8 Å². The molecule has 3 amide bonds. The number of imide groups is 1. The van der Waals surface area contributed by atoms with Crippen molar-refractivity contribution in [2.75, 3.05) is 20.2 Å². The zero-order valence-corrected chi connectivity index (χ0v) is 18.3. The molecule has 0 aromatic heterocycles. The highest BCUT2D eigenvalue weighted by Crippen LogP contribution is 2.48. The van der Waals surface area contributed by atoms with Crippen molar-refractivity contribution in [2.24, 2.45) is 17.8 Å². The molecule has 3 aliphatic rings. The Morgan fingerprint density at radius 2 is 2.09 bits per heavy atom. The second kappa shape index (κ2) is 9.48. The van der Waals surface area contributed by atoms with E-state index in [4.69, 9.17) is 4.74 Å². The molecule has 10 heteroatoms. The molecule has 172 valence electrons. The number of rotatable bonds is 8. The minimum atomic E-state index is -2.99. The topological polar surface area (TPSA) is 84.9 Å². The van der Waals surface area contributed by atoms with Crippen molar-refractivity contribution in [3.05, 3.63) is 28.7 Å². The van der Waals surface area contributed by atoms with Crippen molar-refractivity contribution in [1.29, 1.82) is 0 Å². The first-order valence-electron chi connectivity index (χ1n) is 10.5. The molecule has 1 N–H and O–H groups in total. The summed E-state index contributed by atoms with van der Waals surface area (Å²) < 4.78 is 34.4. The zero-order valence-electron chi connectivity index (χ0n) is 17.5. The van der Waals surface area contributed by atoms with Gasteiger partial charge in [0, 0.05) is 19.0 Å². The summed E-state index contributed by atoms with van der Waals surface area (Å²) >= 11 is 0.793. The number of methoxy groups -OCH3 is 1. The van der Waals surface area contributed by atoms with Crippen LogP contribution in [0.3, 0.4) is 0 Å². The van der Waals surface area contributed by atoms with E-state index in [1.54, 1.807) is 0 Å². The molecule has 2 bridgehead atoms. The number of hydrogen-bond acceptors (Lipinski definition) is 6. The third kappa shape index (κ3) is 4.74. The molecular weight excluding hydrogens is 442 g/mol. The minimum absolute atomic E-state index is 0.0120. The first kappa shape index (κ1) is 22.6. The van der Waals surface area contributed by atoms with Crippen molar-refractivity contribution >= 4 is 34.9 Å². The summed E-state index contributed by atoms with van der Waals surface area (Å²) in [6.45, 7) is -2.68. The van der Waals surface area contributed by atoms with Crippen LogP contribution in [0, 0.1) is 17.8 Å². The fourth-order valence-corrected chi connectivity index (χ4v) is 5.66. The number of halogens is 2. The van der Waals surface area contributed by atoms with Crippen molar-refractivity contribution in [3.63, 3.8) is 0 Å². The van der Waals surface area contributed by atoms with E-state index >= 15 is 0 Å². The minimum Gasteiger partial charge on any atom is -0.493 e. The summed E-state index contributed by atoms with van der Waals surface area (Å²) in [5.41, 5.74) is 0.499. The number of benzene rings is 1. The maximum atomic E-state index is 12.7. The molecule has 4 rings (SSSR count). The van der Waals surface area contributed by atoms with Gasteiger partial charge in [-0.25, -0.2) is 0 Å².